The monoisotopic (exact) mass is 381 g/mol. The molecule has 146 valence electrons. The summed E-state index contributed by atoms with van der Waals surface area (Å²) >= 11 is 0. The molecule has 8 heteroatoms. The van der Waals surface area contributed by atoms with Crippen molar-refractivity contribution in [1.82, 2.24) is 5.32 Å². The SMILES string of the molecule is C1=CC=CNC=C1.O=[N+]([O-])c1cc(C(F)(F)F)ccc1N1CCCCCC1. The highest BCUT2D eigenvalue weighted by Gasteiger charge is 2.33. The normalized spacial score (nSPS) is 16.6. The second-order valence-electron chi connectivity index (χ2n) is 6.13. The molecule has 0 bridgehead atoms. The van der Waals surface area contributed by atoms with E-state index in [1.165, 1.54) is 6.07 Å². The molecule has 0 unspecified atom stereocenters. The van der Waals surface area contributed by atoms with Crippen LogP contribution in [0.3, 0.4) is 0 Å². The van der Waals surface area contributed by atoms with Crippen LogP contribution in [0.5, 0.6) is 0 Å². The van der Waals surface area contributed by atoms with Crippen LogP contribution < -0.4 is 10.2 Å². The maximum Gasteiger partial charge on any atom is 0.416 e. The highest BCUT2D eigenvalue weighted by atomic mass is 19.4. The highest BCUT2D eigenvalue weighted by Crippen LogP contribution is 2.37. The lowest BCUT2D eigenvalue weighted by molar-refractivity contribution is -0.384. The fourth-order valence-corrected chi connectivity index (χ4v) is 2.83. The molecular weight excluding hydrogens is 359 g/mol. The van der Waals surface area contributed by atoms with Crippen LogP contribution in [0.2, 0.25) is 0 Å². The average molecular weight is 381 g/mol. The predicted octanol–water partition coefficient (Wildman–Crippen LogP) is 5.17. The van der Waals surface area contributed by atoms with Gasteiger partial charge in [0.05, 0.1) is 10.5 Å². The number of allylic oxidation sites excluding steroid dienone is 4. The molecule has 3 rings (SSSR count). The summed E-state index contributed by atoms with van der Waals surface area (Å²) in [6.45, 7) is 1.29. The van der Waals surface area contributed by atoms with Gasteiger partial charge in [0.25, 0.3) is 5.69 Å². The van der Waals surface area contributed by atoms with Gasteiger partial charge in [-0.3, -0.25) is 10.1 Å². The second-order valence-corrected chi connectivity index (χ2v) is 6.13. The molecule has 2 aliphatic rings. The fraction of sp³-hybridized carbons (Fsp3) is 0.368. The summed E-state index contributed by atoms with van der Waals surface area (Å²) in [7, 11) is 0. The molecule has 1 fully saturated rings. The summed E-state index contributed by atoms with van der Waals surface area (Å²) < 4.78 is 37.9. The topological polar surface area (TPSA) is 58.4 Å². The number of alkyl halides is 3. The first-order chi connectivity index (χ1) is 12.9. The Morgan fingerprint density at radius 1 is 0.963 bits per heavy atom. The number of rotatable bonds is 2. The summed E-state index contributed by atoms with van der Waals surface area (Å²) in [5.74, 6) is 0. The van der Waals surface area contributed by atoms with Crippen molar-refractivity contribution in [3.05, 3.63) is 70.6 Å². The molecule has 0 aliphatic carbocycles. The summed E-state index contributed by atoms with van der Waals surface area (Å²) in [6, 6.07) is 2.75. The lowest BCUT2D eigenvalue weighted by Crippen LogP contribution is -2.25. The van der Waals surface area contributed by atoms with Gasteiger partial charge in [0.15, 0.2) is 0 Å². The van der Waals surface area contributed by atoms with E-state index >= 15 is 0 Å². The molecule has 2 heterocycles. The quantitative estimate of drug-likeness (QED) is 0.567. The molecule has 1 N–H and O–H groups in total. The Hall–Kier alpha value is -2.77. The van der Waals surface area contributed by atoms with E-state index in [4.69, 9.17) is 0 Å². The van der Waals surface area contributed by atoms with Crippen molar-refractivity contribution >= 4 is 11.4 Å². The molecule has 2 aliphatic heterocycles. The van der Waals surface area contributed by atoms with Gasteiger partial charge in [-0.1, -0.05) is 25.0 Å². The Bertz CT molecular complexity index is 705. The van der Waals surface area contributed by atoms with Crippen molar-refractivity contribution in [3.63, 3.8) is 0 Å². The van der Waals surface area contributed by atoms with Gasteiger partial charge in [-0.25, -0.2) is 0 Å². The molecule has 1 aromatic rings. The van der Waals surface area contributed by atoms with Gasteiger partial charge >= 0.3 is 6.18 Å². The van der Waals surface area contributed by atoms with E-state index in [1.54, 1.807) is 0 Å². The Morgan fingerprint density at radius 2 is 1.56 bits per heavy atom. The first kappa shape index (κ1) is 20.5. The number of hydrogen-bond donors (Lipinski definition) is 1. The van der Waals surface area contributed by atoms with E-state index < -0.39 is 22.4 Å². The van der Waals surface area contributed by atoms with Crippen molar-refractivity contribution in [2.45, 2.75) is 31.9 Å². The number of nitrogens with zero attached hydrogens (tertiary/aromatic N) is 2. The largest absolute Gasteiger partial charge is 0.416 e. The summed E-state index contributed by atoms with van der Waals surface area (Å²) in [6.07, 6.45) is 10.9. The Labute approximate surface area is 156 Å². The summed E-state index contributed by atoms with van der Waals surface area (Å²) in [5, 5.41) is 14.0. The van der Waals surface area contributed by atoms with E-state index in [9.17, 15) is 23.3 Å². The molecule has 0 atom stereocenters. The standard InChI is InChI=1S/C13H15F3N2O2.C6H7N/c14-13(15,16)10-5-6-11(12(9-10)18(19)20)17-7-3-1-2-4-8-17;1-2-4-6-7-5-3-1/h5-6,9H,1-4,7-8H2;1-7H. The average Bonchev–Trinajstić information content (AvgIpc) is 3.08. The zero-order valence-electron chi connectivity index (χ0n) is 14.8. The first-order valence-corrected chi connectivity index (χ1v) is 8.74. The van der Waals surface area contributed by atoms with E-state index in [-0.39, 0.29) is 5.69 Å². The highest BCUT2D eigenvalue weighted by molar-refractivity contribution is 5.64. The Kier molecular flexibility index (Phi) is 7.45. The number of anilines is 1. The zero-order chi connectivity index (χ0) is 19.7. The van der Waals surface area contributed by atoms with E-state index in [0.717, 1.165) is 31.7 Å². The molecule has 0 radical (unpaired) electrons. The van der Waals surface area contributed by atoms with E-state index in [1.807, 2.05) is 41.6 Å². The zero-order valence-corrected chi connectivity index (χ0v) is 14.8. The number of hydrogen-bond acceptors (Lipinski definition) is 4. The van der Waals surface area contributed by atoms with Gasteiger partial charge in [-0.15, -0.1) is 0 Å². The molecular formula is C19H22F3N3O2. The van der Waals surface area contributed by atoms with Gasteiger partial charge < -0.3 is 10.2 Å². The molecule has 0 saturated carbocycles. The van der Waals surface area contributed by atoms with Gasteiger partial charge in [0.1, 0.15) is 5.69 Å². The lowest BCUT2D eigenvalue weighted by Gasteiger charge is -2.22. The predicted molar refractivity (Wildman–Crippen MR) is 99.3 cm³/mol. The van der Waals surface area contributed by atoms with E-state index in [0.29, 0.717) is 19.2 Å². The number of nitrogens with one attached hydrogen (secondary N) is 1. The molecule has 0 amide bonds. The lowest BCUT2D eigenvalue weighted by atomic mass is 10.1. The van der Waals surface area contributed by atoms with Crippen LogP contribution in [0.4, 0.5) is 24.5 Å². The summed E-state index contributed by atoms with van der Waals surface area (Å²) in [4.78, 5) is 12.1. The van der Waals surface area contributed by atoms with Crippen LogP contribution in [0.25, 0.3) is 0 Å². The second kappa shape index (κ2) is 9.80. The van der Waals surface area contributed by atoms with Crippen LogP contribution in [-0.4, -0.2) is 18.0 Å². The van der Waals surface area contributed by atoms with Crippen molar-refractivity contribution in [2.24, 2.45) is 0 Å². The van der Waals surface area contributed by atoms with Crippen molar-refractivity contribution in [1.29, 1.82) is 0 Å². The third kappa shape index (κ3) is 6.47. The van der Waals surface area contributed by atoms with Crippen LogP contribution in [0, 0.1) is 10.1 Å². The summed E-state index contributed by atoms with van der Waals surface area (Å²) in [5.41, 5.74) is -1.17. The molecule has 0 spiro atoms. The fourth-order valence-electron chi connectivity index (χ4n) is 2.83. The molecule has 1 saturated heterocycles. The molecule has 0 aromatic heterocycles. The third-order valence-corrected chi connectivity index (χ3v) is 4.16. The van der Waals surface area contributed by atoms with E-state index in [2.05, 4.69) is 5.32 Å². The van der Waals surface area contributed by atoms with Gasteiger partial charge in [-0.2, -0.15) is 13.2 Å². The minimum Gasteiger partial charge on any atom is -0.368 e. The van der Waals surface area contributed by atoms with Crippen LogP contribution in [-0.2, 0) is 6.18 Å². The maximum absolute atomic E-state index is 12.6. The number of benzene rings is 1. The van der Waals surface area contributed by atoms with Gasteiger partial charge in [0, 0.05) is 31.6 Å². The smallest absolute Gasteiger partial charge is 0.368 e. The van der Waals surface area contributed by atoms with Gasteiger partial charge in [0.2, 0.25) is 0 Å². The van der Waals surface area contributed by atoms with Crippen molar-refractivity contribution in [3.8, 4) is 0 Å². The Morgan fingerprint density at radius 3 is 2.07 bits per heavy atom. The minimum atomic E-state index is -4.57. The third-order valence-electron chi connectivity index (χ3n) is 4.16. The number of halogens is 3. The molecule has 5 nitrogen and oxygen atoms in total. The first-order valence-electron chi connectivity index (χ1n) is 8.74. The van der Waals surface area contributed by atoms with Crippen LogP contribution in [0.15, 0.2) is 54.9 Å². The van der Waals surface area contributed by atoms with Crippen LogP contribution >= 0.6 is 0 Å². The van der Waals surface area contributed by atoms with Crippen molar-refractivity contribution < 1.29 is 18.1 Å². The maximum atomic E-state index is 12.6. The number of nitro groups is 1. The Balaban J connectivity index is 0.000000313. The minimum absolute atomic E-state index is 0.282. The van der Waals surface area contributed by atoms with Crippen LogP contribution in [0.1, 0.15) is 31.2 Å². The molecule has 27 heavy (non-hydrogen) atoms. The van der Waals surface area contributed by atoms with Crippen molar-refractivity contribution in [2.75, 3.05) is 18.0 Å². The molecule has 1 aromatic carbocycles. The van der Waals surface area contributed by atoms with Gasteiger partial charge in [-0.05, 0) is 37.1 Å². The number of nitro benzene ring substituents is 1.